The van der Waals surface area contributed by atoms with Crippen molar-refractivity contribution in [1.82, 2.24) is 15.3 Å². The lowest BCUT2D eigenvalue weighted by molar-refractivity contribution is -0.207. The van der Waals surface area contributed by atoms with Gasteiger partial charge in [0.2, 0.25) is 0 Å². The average molecular weight is 255 g/mol. The zero-order valence-corrected chi connectivity index (χ0v) is 11.7. The minimum Gasteiger partial charge on any atom is -0.367 e. The van der Waals surface area contributed by atoms with Crippen LogP contribution in [0.4, 0.5) is 0 Å². The van der Waals surface area contributed by atoms with Crippen molar-refractivity contribution < 1.29 is 9.63 Å². The predicted octanol–water partition coefficient (Wildman–Crippen LogP) is 0.328. The first-order chi connectivity index (χ1) is 8.45. The Labute approximate surface area is 109 Å². The van der Waals surface area contributed by atoms with Crippen molar-refractivity contribution in [2.45, 2.75) is 20.8 Å². The second-order valence-electron chi connectivity index (χ2n) is 6.38. The molecule has 2 aliphatic heterocycles. The molecular weight excluding hydrogens is 230 g/mol. The molecule has 18 heavy (non-hydrogen) atoms. The first kappa shape index (κ1) is 13.8. The molecule has 2 saturated heterocycles. The summed E-state index contributed by atoms with van der Waals surface area (Å²) < 4.78 is 0. The Morgan fingerprint density at radius 3 is 2.28 bits per heavy atom. The van der Waals surface area contributed by atoms with Crippen molar-refractivity contribution in [2.24, 2.45) is 11.3 Å². The molecule has 2 heterocycles. The van der Waals surface area contributed by atoms with Gasteiger partial charge in [0, 0.05) is 45.8 Å². The van der Waals surface area contributed by atoms with Gasteiger partial charge in [-0.05, 0) is 26.7 Å². The number of hydrogen-bond donors (Lipinski definition) is 1. The lowest BCUT2D eigenvalue weighted by atomic mass is 9.98. The van der Waals surface area contributed by atoms with Gasteiger partial charge in [-0.1, -0.05) is 0 Å². The quantitative estimate of drug-likeness (QED) is 0.787. The van der Waals surface area contributed by atoms with Gasteiger partial charge in [-0.2, -0.15) is 0 Å². The van der Waals surface area contributed by atoms with Crippen molar-refractivity contribution in [1.29, 1.82) is 0 Å². The number of rotatable bonds is 3. The predicted molar refractivity (Wildman–Crippen MR) is 69.9 cm³/mol. The lowest BCUT2D eigenvalue weighted by Gasteiger charge is -2.38. The Morgan fingerprint density at radius 1 is 1.22 bits per heavy atom. The van der Waals surface area contributed by atoms with E-state index in [0.717, 1.165) is 45.2 Å². The van der Waals surface area contributed by atoms with Gasteiger partial charge in [-0.25, -0.2) is 4.79 Å². The fraction of sp³-hybridized carbons (Fsp3) is 0.923. The Morgan fingerprint density at radius 2 is 1.83 bits per heavy atom. The van der Waals surface area contributed by atoms with Crippen molar-refractivity contribution >= 4 is 5.97 Å². The molecular formula is C13H25N3O2. The van der Waals surface area contributed by atoms with Gasteiger partial charge in [-0.15, -0.1) is 5.06 Å². The van der Waals surface area contributed by atoms with Crippen molar-refractivity contribution in [3.05, 3.63) is 0 Å². The highest BCUT2D eigenvalue weighted by atomic mass is 16.7. The fourth-order valence-corrected chi connectivity index (χ4v) is 2.10. The van der Waals surface area contributed by atoms with E-state index in [-0.39, 0.29) is 5.97 Å². The molecule has 0 atom stereocenters. The van der Waals surface area contributed by atoms with Gasteiger partial charge in [-0.3, -0.25) is 0 Å². The number of nitrogens with one attached hydrogen (secondary N) is 1. The van der Waals surface area contributed by atoms with Crippen LogP contribution in [0.3, 0.4) is 0 Å². The first-order valence-corrected chi connectivity index (χ1v) is 6.85. The van der Waals surface area contributed by atoms with Crippen LogP contribution in [0.15, 0.2) is 0 Å². The minimum atomic E-state index is -0.422. The highest BCUT2D eigenvalue weighted by Crippen LogP contribution is 2.17. The third-order valence-corrected chi connectivity index (χ3v) is 3.54. The zero-order valence-electron chi connectivity index (χ0n) is 11.7. The maximum absolute atomic E-state index is 11.8. The second-order valence-corrected chi connectivity index (χ2v) is 6.38. The van der Waals surface area contributed by atoms with Crippen molar-refractivity contribution in [3.8, 4) is 0 Å². The van der Waals surface area contributed by atoms with E-state index in [1.54, 1.807) is 0 Å². The van der Waals surface area contributed by atoms with Crippen molar-refractivity contribution in [3.63, 3.8) is 0 Å². The number of piperazine rings is 1. The summed E-state index contributed by atoms with van der Waals surface area (Å²) in [6, 6.07) is 0. The van der Waals surface area contributed by atoms with E-state index >= 15 is 0 Å². The molecule has 0 aromatic heterocycles. The van der Waals surface area contributed by atoms with E-state index in [9.17, 15) is 4.79 Å². The monoisotopic (exact) mass is 255 g/mol. The number of hydrogen-bond acceptors (Lipinski definition) is 5. The molecule has 2 fully saturated rings. The van der Waals surface area contributed by atoms with Crippen LogP contribution in [0.2, 0.25) is 0 Å². The highest BCUT2D eigenvalue weighted by molar-refractivity contribution is 5.75. The molecule has 0 bridgehead atoms. The van der Waals surface area contributed by atoms with Gasteiger partial charge in [0.15, 0.2) is 0 Å². The Hall–Kier alpha value is -0.650. The number of carbonyl (C=O) groups is 1. The van der Waals surface area contributed by atoms with Gasteiger partial charge in [0.05, 0.1) is 5.41 Å². The first-order valence-electron chi connectivity index (χ1n) is 6.85. The average Bonchev–Trinajstić information content (AvgIpc) is 2.24. The molecule has 2 aliphatic rings. The molecule has 5 heteroatoms. The summed E-state index contributed by atoms with van der Waals surface area (Å²) >= 11 is 0. The molecule has 0 amide bonds. The summed E-state index contributed by atoms with van der Waals surface area (Å²) in [7, 11) is 0. The summed E-state index contributed by atoms with van der Waals surface area (Å²) in [6.45, 7) is 12.8. The normalized spacial score (nSPS) is 23.7. The van der Waals surface area contributed by atoms with E-state index in [1.165, 1.54) is 6.54 Å². The summed E-state index contributed by atoms with van der Waals surface area (Å²) in [5.41, 5.74) is -0.422. The third-order valence-electron chi connectivity index (χ3n) is 3.54. The van der Waals surface area contributed by atoms with E-state index in [2.05, 4.69) is 10.2 Å². The SMILES string of the molecule is CC(C)(C)C(=O)ON1CCN(CC2CNC2)CC1. The Kier molecular flexibility index (Phi) is 4.25. The van der Waals surface area contributed by atoms with Gasteiger partial charge in [0.25, 0.3) is 0 Å². The molecule has 0 unspecified atom stereocenters. The summed E-state index contributed by atoms with van der Waals surface area (Å²) in [4.78, 5) is 19.6. The van der Waals surface area contributed by atoms with Crippen molar-refractivity contribution in [2.75, 3.05) is 45.8 Å². The molecule has 1 N–H and O–H groups in total. The summed E-state index contributed by atoms with van der Waals surface area (Å²) in [5.74, 6) is 0.674. The van der Waals surface area contributed by atoms with E-state index < -0.39 is 5.41 Å². The lowest BCUT2D eigenvalue weighted by Crippen LogP contribution is -2.53. The molecule has 0 radical (unpaired) electrons. The highest BCUT2D eigenvalue weighted by Gasteiger charge is 2.28. The number of nitrogens with zero attached hydrogens (tertiary/aromatic N) is 2. The molecule has 0 aliphatic carbocycles. The fourth-order valence-electron chi connectivity index (χ4n) is 2.10. The molecule has 5 nitrogen and oxygen atoms in total. The van der Waals surface area contributed by atoms with Crippen LogP contribution >= 0.6 is 0 Å². The molecule has 104 valence electrons. The molecule has 0 aromatic rings. The van der Waals surface area contributed by atoms with E-state index in [0.29, 0.717) is 0 Å². The largest absolute Gasteiger partial charge is 0.367 e. The maximum Gasteiger partial charge on any atom is 0.330 e. The van der Waals surface area contributed by atoms with Gasteiger partial charge < -0.3 is 15.1 Å². The van der Waals surface area contributed by atoms with Crippen LogP contribution < -0.4 is 5.32 Å². The number of hydroxylamine groups is 2. The van der Waals surface area contributed by atoms with Crippen LogP contribution in [0, 0.1) is 11.3 Å². The number of carbonyl (C=O) groups excluding carboxylic acids is 1. The summed E-state index contributed by atoms with van der Waals surface area (Å²) in [5, 5.41) is 5.10. The van der Waals surface area contributed by atoms with Crippen LogP contribution in [0.25, 0.3) is 0 Å². The third kappa shape index (κ3) is 3.67. The van der Waals surface area contributed by atoms with E-state index in [4.69, 9.17) is 4.84 Å². The minimum absolute atomic E-state index is 0.140. The topological polar surface area (TPSA) is 44.8 Å². The van der Waals surface area contributed by atoms with Crippen LogP contribution in [0.1, 0.15) is 20.8 Å². The standard InChI is InChI=1S/C13H25N3O2/c1-13(2,3)12(17)18-16-6-4-15(5-7-16)10-11-8-14-9-11/h11,14H,4-10H2,1-3H3. The Bertz CT molecular complexity index is 289. The van der Waals surface area contributed by atoms with Gasteiger partial charge in [0.1, 0.15) is 0 Å². The molecule has 0 aromatic carbocycles. The van der Waals surface area contributed by atoms with Gasteiger partial charge >= 0.3 is 5.97 Å². The van der Waals surface area contributed by atoms with E-state index in [1.807, 2.05) is 25.8 Å². The second kappa shape index (κ2) is 5.55. The molecule has 0 spiro atoms. The smallest absolute Gasteiger partial charge is 0.330 e. The Balaban J connectivity index is 1.68. The summed E-state index contributed by atoms with van der Waals surface area (Å²) in [6.07, 6.45) is 0. The zero-order chi connectivity index (χ0) is 13.2. The molecule has 0 saturated carbocycles. The van der Waals surface area contributed by atoms with Crippen LogP contribution in [-0.4, -0.2) is 61.7 Å². The molecule has 2 rings (SSSR count). The van der Waals surface area contributed by atoms with Crippen LogP contribution in [-0.2, 0) is 9.63 Å². The maximum atomic E-state index is 11.8. The van der Waals surface area contributed by atoms with Crippen LogP contribution in [0.5, 0.6) is 0 Å².